The fourth-order valence-corrected chi connectivity index (χ4v) is 4.28. The van der Waals surface area contributed by atoms with Gasteiger partial charge in [-0.05, 0) is 31.2 Å². The fraction of sp³-hybridized carbons (Fsp3) is 0.188. The van der Waals surface area contributed by atoms with Crippen molar-refractivity contribution in [2.75, 3.05) is 17.5 Å². The van der Waals surface area contributed by atoms with Gasteiger partial charge in [0.25, 0.3) is 10.0 Å². The number of carboxylic acids is 1. The molecule has 1 N–H and O–H groups in total. The molecular weight excluding hydrogens is 337 g/mol. The van der Waals surface area contributed by atoms with Crippen molar-refractivity contribution in [2.45, 2.75) is 11.8 Å². The number of fused-ring (bicyclic) bond motifs is 1. The Morgan fingerprint density at radius 1 is 1.29 bits per heavy atom. The van der Waals surface area contributed by atoms with Gasteiger partial charge in [-0.1, -0.05) is 12.1 Å². The van der Waals surface area contributed by atoms with Crippen LogP contribution >= 0.6 is 0 Å². The number of halogens is 1. The van der Waals surface area contributed by atoms with E-state index >= 15 is 0 Å². The van der Waals surface area contributed by atoms with Crippen LogP contribution in [0.15, 0.2) is 41.3 Å². The van der Waals surface area contributed by atoms with Gasteiger partial charge in [0.05, 0.1) is 22.7 Å². The highest BCUT2D eigenvalue weighted by Crippen LogP contribution is 2.36. The number of hydrogen-bond acceptors (Lipinski definition) is 4. The maximum absolute atomic E-state index is 14.0. The third-order valence-corrected chi connectivity index (χ3v) is 5.74. The van der Waals surface area contributed by atoms with Crippen LogP contribution in [0.2, 0.25) is 0 Å². The summed E-state index contributed by atoms with van der Waals surface area (Å²) in [6, 6.07) is 8.39. The first-order valence-electron chi connectivity index (χ1n) is 7.10. The van der Waals surface area contributed by atoms with E-state index < -0.39 is 27.4 Å². The number of carbonyl (C=O) groups is 1. The first kappa shape index (κ1) is 16.3. The number of benzene rings is 2. The van der Waals surface area contributed by atoms with Crippen molar-refractivity contribution in [3.8, 4) is 5.75 Å². The Morgan fingerprint density at radius 2 is 2.00 bits per heavy atom. The Morgan fingerprint density at radius 3 is 2.71 bits per heavy atom. The summed E-state index contributed by atoms with van der Waals surface area (Å²) in [5.41, 5.74) is -0.202. The number of rotatable bonds is 3. The molecule has 0 fully saturated rings. The highest BCUT2D eigenvalue weighted by Gasteiger charge is 2.32. The number of sulfonamides is 1. The Labute approximate surface area is 138 Å². The average Bonchev–Trinajstić information content (AvgIpc) is 2.56. The number of hydrogen-bond donors (Lipinski definition) is 1. The lowest BCUT2D eigenvalue weighted by Gasteiger charge is -2.30. The predicted octanol–water partition coefficient (Wildman–Crippen LogP) is 2.42. The van der Waals surface area contributed by atoms with Crippen molar-refractivity contribution >= 4 is 21.7 Å². The summed E-state index contributed by atoms with van der Waals surface area (Å²) in [6.45, 7) is 1.51. The summed E-state index contributed by atoms with van der Waals surface area (Å²) in [5, 5.41) is 9.06. The van der Waals surface area contributed by atoms with Crippen LogP contribution in [0, 0.1) is 12.7 Å². The molecule has 6 nitrogen and oxygen atoms in total. The molecule has 3 rings (SSSR count). The molecule has 1 aliphatic heterocycles. The van der Waals surface area contributed by atoms with E-state index in [0.717, 1.165) is 16.4 Å². The molecule has 1 heterocycles. The second-order valence-electron chi connectivity index (χ2n) is 5.28. The van der Waals surface area contributed by atoms with Crippen molar-refractivity contribution in [1.82, 2.24) is 0 Å². The van der Waals surface area contributed by atoms with E-state index in [-0.39, 0.29) is 23.6 Å². The molecule has 0 atom stereocenters. The van der Waals surface area contributed by atoms with Crippen molar-refractivity contribution < 1.29 is 27.4 Å². The molecular formula is C16H14FNO5S. The lowest BCUT2D eigenvalue weighted by molar-refractivity contribution is 0.0696. The topological polar surface area (TPSA) is 83.9 Å². The second kappa shape index (κ2) is 5.79. The third kappa shape index (κ3) is 2.58. The van der Waals surface area contributed by atoms with Crippen molar-refractivity contribution in [2.24, 2.45) is 0 Å². The van der Waals surface area contributed by atoms with Crippen LogP contribution in [-0.4, -0.2) is 32.6 Å². The maximum Gasteiger partial charge on any atom is 0.335 e. The van der Waals surface area contributed by atoms with Gasteiger partial charge in [0.2, 0.25) is 0 Å². The number of ether oxygens (including phenoxy) is 1. The molecule has 0 spiro atoms. The van der Waals surface area contributed by atoms with E-state index in [1.54, 1.807) is 24.3 Å². The minimum atomic E-state index is -4.13. The summed E-state index contributed by atoms with van der Waals surface area (Å²) >= 11 is 0. The maximum atomic E-state index is 14.0. The van der Waals surface area contributed by atoms with Crippen molar-refractivity contribution in [1.29, 1.82) is 0 Å². The minimum absolute atomic E-state index is 0.0533. The average molecular weight is 351 g/mol. The van der Waals surface area contributed by atoms with Crippen molar-refractivity contribution in [3.05, 3.63) is 53.3 Å². The standard InChI is InChI=1S/C16H14FNO5S/c1-10-12(17)8-11(16(19)20)9-15(10)24(21,22)18-6-7-23-14-5-3-2-4-13(14)18/h2-5,8-9H,6-7H2,1H3,(H,19,20). The summed E-state index contributed by atoms with van der Waals surface area (Å²) in [7, 11) is -4.13. The quantitative estimate of drug-likeness (QED) is 0.918. The van der Waals surface area contributed by atoms with Gasteiger partial charge in [-0.15, -0.1) is 0 Å². The van der Waals surface area contributed by atoms with Gasteiger partial charge in [0.15, 0.2) is 0 Å². The number of anilines is 1. The van der Waals surface area contributed by atoms with E-state index in [2.05, 4.69) is 0 Å². The zero-order chi connectivity index (χ0) is 17.5. The Balaban J connectivity index is 2.18. The van der Waals surface area contributed by atoms with Crippen LogP contribution < -0.4 is 9.04 Å². The number of aromatic carboxylic acids is 1. The molecule has 0 saturated heterocycles. The minimum Gasteiger partial charge on any atom is -0.489 e. The van der Waals surface area contributed by atoms with Gasteiger partial charge in [0, 0.05) is 5.56 Å². The lowest BCUT2D eigenvalue weighted by atomic mass is 10.1. The summed E-state index contributed by atoms with van der Waals surface area (Å²) in [5.74, 6) is -1.87. The van der Waals surface area contributed by atoms with Gasteiger partial charge in [0.1, 0.15) is 18.2 Å². The summed E-state index contributed by atoms with van der Waals surface area (Å²) in [4.78, 5) is 10.8. The Bertz CT molecular complexity index is 926. The predicted molar refractivity (Wildman–Crippen MR) is 84.6 cm³/mol. The molecule has 24 heavy (non-hydrogen) atoms. The Hall–Kier alpha value is -2.61. The van der Waals surface area contributed by atoms with Crippen LogP contribution in [0.5, 0.6) is 5.75 Å². The highest BCUT2D eigenvalue weighted by molar-refractivity contribution is 7.92. The SMILES string of the molecule is Cc1c(F)cc(C(=O)O)cc1S(=O)(=O)N1CCOc2ccccc21. The molecule has 0 radical (unpaired) electrons. The molecule has 0 saturated carbocycles. The summed E-state index contributed by atoms with van der Waals surface area (Å²) in [6.07, 6.45) is 0. The van der Waals surface area contributed by atoms with Gasteiger partial charge >= 0.3 is 5.97 Å². The van der Waals surface area contributed by atoms with E-state index in [0.29, 0.717) is 11.4 Å². The van der Waals surface area contributed by atoms with Gasteiger partial charge in [-0.3, -0.25) is 4.31 Å². The summed E-state index contributed by atoms with van der Waals surface area (Å²) < 4.78 is 46.6. The van der Waals surface area contributed by atoms with Crippen LogP contribution in [0.4, 0.5) is 10.1 Å². The molecule has 0 bridgehead atoms. The first-order chi connectivity index (χ1) is 11.3. The van der Waals surface area contributed by atoms with Gasteiger partial charge in [-0.2, -0.15) is 0 Å². The van der Waals surface area contributed by atoms with Crippen LogP contribution in [0.25, 0.3) is 0 Å². The molecule has 126 valence electrons. The second-order valence-corrected chi connectivity index (χ2v) is 7.11. The molecule has 0 amide bonds. The molecule has 2 aromatic carbocycles. The first-order valence-corrected chi connectivity index (χ1v) is 8.54. The third-order valence-electron chi connectivity index (χ3n) is 3.80. The van der Waals surface area contributed by atoms with Gasteiger partial charge in [-0.25, -0.2) is 17.6 Å². The monoisotopic (exact) mass is 351 g/mol. The van der Waals surface area contributed by atoms with Crippen molar-refractivity contribution in [3.63, 3.8) is 0 Å². The normalized spacial score (nSPS) is 14.0. The van der Waals surface area contributed by atoms with Crippen LogP contribution in [0.1, 0.15) is 15.9 Å². The highest BCUT2D eigenvalue weighted by atomic mass is 32.2. The molecule has 0 unspecified atom stereocenters. The molecule has 2 aromatic rings. The molecule has 0 aliphatic carbocycles. The van der Waals surface area contributed by atoms with Crippen LogP contribution in [0.3, 0.4) is 0 Å². The van der Waals surface area contributed by atoms with E-state index in [4.69, 9.17) is 9.84 Å². The van der Waals surface area contributed by atoms with E-state index in [1.165, 1.54) is 6.92 Å². The number of carboxylic acid groups (broad SMARTS) is 1. The molecule has 0 aromatic heterocycles. The van der Waals surface area contributed by atoms with E-state index in [1.807, 2.05) is 0 Å². The molecule has 8 heteroatoms. The van der Waals surface area contributed by atoms with Crippen LogP contribution in [-0.2, 0) is 10.0 Å². The van der Waals surface area contributed by atoms with Gasteiger partial charge < -0.3 is 9.84 Å². The number of para-hydroxylation sites is 2. The fourth-order valence-electron chi connectivity index (χ4n) is 2.56. The Kier molecular flexibility index (Phi) is 3.92. The molecule has 1 aliphatic rings. The zero-order valence-electron chi connectivity index (χ0n) is 12.7. The zero-order valence-corrected chi connectivity index (χ0v) is 13.5. The van der Waals surface area contributed by atoms with E-state index in [9.17, 15) is 17.6 Å². The smallest absolute Gasteiger partial charge is 0.335 e. The lowest BCUT2D eigenvalue weighted by Crippen LogP contribution is -2.38. The largest absolute Gasteiger partial charge is 0.489 e. The number of nitrogens with zero attached hydrogens (tertiary/aromatic N) is 1.